The molecule has 0 saturated carbocycles. The summed E-state index contributed by atoms with van der Waals surface area (Å²) in [7, 11) is 0. The van der Waals surface area contributed by atoms with Crippen molar-refractivity contribution in [1.29, 1.82) is 0 Å². The number of pyridine rings is 1. The molecule has 1 aromatic rings. The third kappa shape index (κ3) is 3.02. The second kappa shape index (κ2) is 5.03. The van der Waals surface area contributed by atoms with E-state index in [9.17, 15) is 0 Å². The lowest BCUT2D eigenvalue weighted by Gasteiger charge is -1.95. The molecule has 0 fully saturated rings. The van der Waals surface area contributed by atoms with Crippen LogP contribution >= 0.6 is 0 Å². The molecule has 1 rings (SSSR count). The quantitative estimate of drug-likeness (QED) is 0.557. The second-order valence-corrected chi connectivity index (χ2v) is 2.45. The minimum absolute atomic E-state index is 0.796. The number of aryl methyl sites for hydroxylation is 1. The molecule has 0 spiro atoms. The van der Waals surface area contributed by atoms with Gasteiger partial charge in [0.15, 0.2) is 0 Å². The molecule has 0 saturated heterocycles. The van der Waals surface area contributed by atoms with E-state index >= 15 is 0 Å². The number of hydrogen-bond acceptors (Lipinski definition) is 2. The molecule has 0 bridgehead atoms. The Labute approximate surface area is 77.2 Å². The molecule has 0 radical (unpaired) electrons. The molecule has 2 N–H and O–H groups in total. The van der Waals surface area contributed by atoms with Gasteiger partial charge in [-0.15, -0.1) is 0 Å². The van der Waals surface area contributed by atoms with Gasteiger partial charge < -0.3 is 5.73 Å². The Bertz CT molecular complexity index is 317. The van der Waals surface area contributed by atoms with Crippen molar-refractivity contribution in [3.8, 4) is 0 Å². The Morgan fingerprint density at radius 2 is 2.38 bits per heavy atom. The summed E-state index contributed by atoms with van der Waals surface area (Å²) < 4.78 is 0. The van der Waals surface area contributed by atoms with Gasteiger partial charge in [0.25, 0.3) is 0 Å². The first-order chi connectivity index (χ1) is 6.36. The van der Waals surface area contributed by atoms with Gasteiger partial charge in [0.05, 0.1) is 18.2 Å². The topological polar surface area (TPSA) is 63.6 Å². The summed E-state index contributed by atoms with van der Waals surface area (Å²) in [4.78, 5) is 11.7. The Kier molecular flexibility index (Phi) is 3.63. The van der Waals surface area contributed by atoms with E-state index in [4.69, 9.17) is 5.73 Å². The highest BCUT2D eigenvalue weighted by Crippen LogP contribution is 2.11. The molecule has 1 heterocycles. The highest BCUT2D eigenvalue weighted by atomic mass is 14.9. The Morgan fingerprint density at radius 1 is 1.54 bits per heavy atom. The zero-order valence-electron chi connectivity index (χ0n) is 7.51. The maximum atomic E-state index is 5.05. The Morgan fingerprint density at radius 3 is 3.08 bits per heavy atom. The second-order valence-electron chi connectivity index (χ2n) is 2.45. The summed E-state index contributed by atoms with van der Waals surface area (Å²) in [6, 6.07) is 1.97. The van der Waals surface area contributed by atoms with Gasteiger partial charge in [-0.25, -0.2) is 9.98 Å². The molecule has 4 nitrogen and oxygen atoms in total. The highest BCUT2D eigenvalue weighted by Gasteiger charge is 1.91. The van der Waals surface area contributed by atoms with Crippen molar-refractivity contribution in [2.24, 2.45) is 15.7 Å². The summed E-state index contributed by atoms with van der Waals surface area (Å²) in [5.41, 5.74) is 7.01. The van der Waals surface area contributed by atoms with Crippen molar-refractivity contribution >= 4 is 18.4 Å². The van der Waals surface area contributed by atoms with Gasteiger partial charge in [0, 0.05) is 6.20 Å². The van der Waals surface area contributed by atoms with Gasteiger partial charge in [-0.05, 0) is 18.1 Å². The van der Waals surface area contributed by atoms with Crippen LogP contribution in [0, 0.1) is 0 Å². The number of hydrogen-bond donors (Lipinski definition) is 1. The van der Waals surface area contributed by atoms with E-state index in [2.05, 4.69) is 21.9 Å². The molecule has 4 heteroatoms. The third-order valence-electron chi connectivity index (χ3n) is 1.55. The standard InChI is InChI=1S/C9H12N4/c1-2-8-3-9(5-11-4-8)13-7-12-6-10/h3-7H,2H2,1H3,(H2,10,12,13). The van der Waals surface area contributed by atoms with Crippen molar-refractivity contribution in [2.45, 2.75) is 13.3 Å². The molecule has 0 aliphatic rings. The first-order valence-corrected chi connectivity index (χ1v) is 4.06. The summed E-state index contributed by atoms with van der Waals surface area (Å²) in [5, 5.41) is 0. The molecule has 68 valence electrons. The molecule has 0 amide bonds. The zero-order valence-corrected chi connectivity index (χ0v) is 7.51. The zero-order chi connectivity index (χ0) is 9.52. The normalized spacial score (nSPS) is 11.5. The molecule has 1 aromatic heterocycles. The van der Waals surface area contributed by atoms with E-state index in [1.165, 1.54) is 12.7 Å². The van der Waals surface area contributed by atoms with Gasteiger partial charge in [-0.3, -0.25) is 4.98 Å². The van der Waals surface area contributed by atoms with E-state index in [1.807, 2.05) is 12.3 Å². The molecule has 13 heavy (non-hydrogen) atoms. The van der Waals surface area contributed by atoms with Gasteiger partial charge >= 0.3 is 0 Å². The van der Waals surface area contributed by atoms with Gasteiger partial charge in [-0.2, -0.15) is 0 Å². The van der Waals surface area contributed by atoms with E-state index in [0.717, 1.165) is 17.7 Å². The van der Waals surface area contributed by atoms with Crippen molar-refractivity contribution < 1.29 is 0 Å². The maximum absolute atomic E-state index is 5.05. The molecule has 0 aromatic carbocycles. The number of nitrogens with two attached hydrogens (primary N) is 1. The van der Waals surface area contributed by atoms with E-state index in [-0.39, 0.29) is 0 Å². The lowest BCUT2D eigenvalue weighted by atomic mass is 10.2. The fourth-order valence-electron chi connectivity index (χ4n) is 0.876. The number of nitrogens with zero attached hydrogens (tertiary/aromatic N) is 3. The lowest BCUT2D eigenvalue weighted by molar-refractivity contribution is 1.10. The third-order valence-corrected chi connectivity index (χ3v) is 1.55. The van der Waals surface area contributed by atoms with E-state index in [0.29, 0.717) is 0 Å². The van der Waals surface area contributed by atoms with Gasteiger partial charge in [0.2, 0.25) is 0 Å². The van der Waals surface area contributed by atoms with Crippen molar-refractivity contribution in [3.63, 3.8) is 0 Å². The van der Waals surface area contributed by atoms with Crippen LogP contribution in [-0.2, 0) is 6.42 Å². The minimum atomic E-state index is 0.796. The SMILES string of the molecule is CCc1cncc(N=CN=CN)c1. The van der Waals surface area contributed by atoms with Crippen LogP contribution < -0.4 is 5.73 Å². The molecule has 0 aliphatic heterocycles. The molecular formula is C9H12N4. The molecule has 0 aliphatic carbocycles. The smallest absolute Gasteiger partial charge is 0.117 e. The lowest BCUT2D eigenvalue weighted by Crippen LogP contribution is -1.87. The number of aromatic nitrogens is 1. The number of rotatable bonds is 3. The molecule has 0 unspecified atom stereocenters. The van der Waals surface area contributed by atoms with Gasteiger partial charge in [-0.1, -0.05) is 6.92 Å². The van der Waals surface area contributed by atoms with Gasteiger partial charge in [0.1, 0.15) is 6.34 Å². The summed E-state index contributed by atoms with van der Waals surface area (Å²) in [5.74, 6) is 0. The Balaban J connectivity index is 2.77. The van der Waals surface area contributed by atoms with Crippen molar-refractivity contribution in [2.75, 3.05) is 0 Å². The van der Waals surface area contributed by atoms with Crippen molar-refractivity contribution in [1.82, 2.24) is 4.98 Å². The van der Waals surface area contributed by atoms with Crippen LogP contribution in [0.15, 0.2) is 28.4 Å². The molecule has 0 atom stereocenters. The van der Waals surface area contributed by atoms with Crippen LogP contribution in [-0.4, -0.2) is 17.7 Å². The Hall–Kier alpha value is -1.71. The highest BCUT2D eigenvalue weighted by molar-refractivity contribution is 5.71. The average molecular weight is 176 g/mol. The predicted octanol–water partition coefficient (Wildman–Crippen LogP) is 1.29. The van der Waals surface area contributed by atoms with E-state index < -0.39 is 0 Å². The fraction of sp³-hybridized carbons (Fsp3) is 0.222. The first-order valence-electron chi connectivity index (χ1n) is 4.06. The summed E-state index contributed by atoms with van der Waals surface area (Å²) in [6.45, 7) is 2.07. The largest absolute Gasteiger partial charge is 0.390 e. The summed E-state index contributed by atoms with van der Waals surface area (Å²) >= 11 is 0. The van der Waals surface area contributed by atoms with Crippen LogP contribution in [0.25, 0.3) is 0 Å². The van der Waals surface area contributed by atoms with Crippen LogP contribution in [0.3, 0.4) is 0 Å². The van der Waals surface area contributed by atoms with Crippen LogP contribution in [0.4, 0.5) is 5.69 Å². The van der Waals surface area contributed by atoms with Crippen LogP contribution in [0.2, 0.25) is 0 Å². The van der Waals surface area contributed by atoms with E-state index in [1.54, 1.807) is 6.20 Å². The average Bonchev–Trinajstić information content (AvgIpc) is 2.19. The summed E-state index contributed by atoms with van der Waals surface area (Å²) in [6.07, 6.45) is 7.06. The van der Waals surface area contributed by atoms with Crippen LogP contribution in [0.5, 0.6) is 0 Å². The maximum Gasteiger partial charge on any atom is 0.117 e. The van der Waals surface area contributed by atoms with Crippen molar-refractivity contribution in [3.05, 3.63) is 24.0 Å². The predicted molar refractivity (Wildman–Crippen MR) is 54.4 cm³/mol. The number of aliphatic imine (C=N–C) groups is 2. The first kappa shape index (κ1) is 9.38. The van der Waals surface area contributed by atoms with Crippen LogP contribution in [0.1, 0.15) is 12.5 Å². The monoisotopic (exact) mass is 176 g/mol. The molecular weight excluding hydrogens is 164 g/mol. The minimum Gasteiger partial charge on any atom is -0.390 e. The fourth-order valence-corrected chi connectivity index (χ4v) is 0.876.